The van der Waals surface area contributed by atoms with Crippen molar-refractivity contribution in [3.8, 4) is 0 Å². The topological polar surface area (TPSA) is 38.1 Å². The number of rotatable bonds is 5. The van der Waals surface area contributed by atoms with Gasteiger partial charge in [0.05, 0.1) is 6.04 Å². The molecule has 4 heteroatoms. The van der Waals surface area contributed by atoms with Gasteiger partial charge >= 0.3 is 0 Å². The summed E-state index contributed by atoms with van der Waals surface area (Å²) in [7, 11) is 0. The maximum atomic E-state index is 12.9. The average molecular weight is 345 g/mol. The van der Waals surface area contributed by atoms with E-state index in [1.807, 2.05) is 40.0 Å². The number of nitrogens with zero attached hydrogens (tertiary/aromatic N) is 3. The van der Waals surface area contributed by atoms with Crippen molar-refractivity contribution in [2.24, 2.45) is 0 Å². The van der Waals surface area contributed by atoms with Gasteiger partial charge in [-0.1, -0.05) is 60.2 Å². The lowest BCUT2D eigenvalue weighted by atomic mass is 9.87. The Kier molecular flexibility index (Phi) is 4.57. The zero-order valence-corrected chi connectivity index (χ0v) is 15.0. The fourth-order valence-electron chi connectivity index (χ4n) is 3.54. The van der Waals surface area contributed by atoms with Crippen molar-refractivity contribution in [2.75, 3.05) is 13.1 Å². The lowest BCUT2D eigenvalue weighted by molar-refractivity contribution is -0.137. The Balaban J connectivity index is 1.48. The first-order chi connectivity index (χ1) is 12.7. The highest BCUT2D eigenvalue weighted by Gasteiger charge is 2.33. The highest BCUT2D eigenvalue weighted by Crippen LogP contribution is 2.31. The molecular weight excluding hydrogens is 322 g/mol. The predicted octanol–water partition coefficient (Wildman–Crippen LogP) is 3.80. The molecule has 4 nitrogen and oxygen atoms in total. The van der Waals surface area contributed by atoms with Gasteiger partial charge in [0.25, 0.3) is 0 Å². The Morgan fingerprint density at radius 2 is 1.73 bits per heavy atom. The summed E-state index contributed by atoms with van der Waals surface area (Å²) >= 11 is 0. The average Bonchev–Trinajstić information content (AvgIpc) is 3.14. The number of aryl methyl sites for hydroxylation is 1. The Hall–Kier alpha value is -2.88. The molecule has 1 aliphatic rings. The summed E-state index contributed by atoms with van der Waals surface area (Å²) in [6.07, 6.45) is 4.25. The fourth-order valence-corrected chi connectivity index (χ4v) is 3.54. The van der Waals surface area contributed by atoms with Crippen LogP contribution < -0.4 is 0 Å². The first-order valence-corrected chi connectivity index (χ1v) is 9.09. The summed E-state index contributed by atoms with van der Waals surface area (Å²) in [4.78, 5) is 14.8. The molecule has 0 spiro atoms. The molecule has 0 radical (unpaired) electrons. The van der Waals surface area contributed by atoms with Crippen LogP contribution in [0.4, 0.5) is 0 Å². The second-order valence-electron chi connectivity index (χ2n) is 7.02. The summed E-state index contributed by atoms with van der Waals surface area (Å²) in [5.41, 5.74) is 3.62. The maximum Gasteiger partial charge on any atom is 0.223 e. The summed E-state index contributed by atoms with van der Waals surface area (Å²) in [6, 6.07) is 21.1. The van der Waals surface area contributed by atoms with Gasteiger partial charge in [0.15, 0.2) is 0 Å². The number of carbonyl (C=O) groups is 1. The second kappa shape index (κ2) is 7.16. The van der Waals surface area contributed by atoms with Gasteiger partial charge < -0.3 is 4.90 Å². The number of likely N-dealkylation sites (tertiary alicyclic amines) is 1. The number of amides is 1. The van der Waals surface area contributed by atoms with Crippen molar-refractivity contribution in [3.05, 3.63) is 89.7 Å². The van der Waals surface area contributed by atoms with Gasteiger partial charge in [-0.3, -0.25) is 9.48 Å². The monoisotopic (exact) mass is 345 g/mol. The van der Waals surface area contributed by atoms with Crippen LogP contribution in [0.15, 0.2) is 73.1 Å². The summed E-state index contributed by atoms with van der Waals surface area (Å²) in [6.45, 7) is 3.58. The lowest BCUT2D eigenvalue weighted by Crippen LogP contribution is -2.51. The third-order valence-electron chi connectivity index (χ3n) is 5.17. The number of hydrogen-bond acceptors (Lipinski definition) is 2. The summed E-state index contributed by atoms with van der Waals surface area (Å²) in [5, 5.41) is 4.28. The standard InChI is InChI=1S/C22H23N3O/c1-17-8-10-19(11-9-17)21(18-6-3-2-4-7-18)14-22(26)24-15-20(16-24)25-13-5-12-23-25/h2-13,20-21H,14-16H2,1H3. The predicted molar refractivity (Wildman–Crippen MR) is 102 cm³/mol. The molecule has 26 heavy (non-hydrogen) atoms. The lowest BCUT2D eigenvalue weighted by Gasteiger charge is -2.40. The third kappa shape index (κ3) is 3.40. The SMILES string of the molecule is Cc1ccc(C(CC(=O)N2CC(n3cccn3)C2)c2ccccc2)cc1. The van der Waals surface area contributed by atoms with Crippen LogP contribution in [-0.4, -0.2) is 33.7 Å². The molecule has 0 saturated carbocycles. The zero-order valence-electron chi connectivity index (χ0n) is 15.0. The third-order valence-corrected chi connectivity index (χ3v) is 5.17. The molecule has 0 aliphatic carbocycles. The molecule has 1 saturated heterocycles. The smallest absolute Gasteiger partial charge is 0.223 e. The molecule has 1 fully saturated rings. The van der Waals surface area contributed by atoms with Crippen LogP contribution >= 0.6 is 0 Å². The number of aromatic nitrogens is 2. The van der Waals surface area contributed by atoms with Crippen molar-refractivity contribution >= 4 is 5.91 Å². The van der Waals surface area contributed by atoms with Crippen LogP contribution in [-0.2, 0) is 4.79 Å². The van der Waals surface area contributed by atoms with Crippen LogP contribution in [0, 0.1) is 6.92 Å². The van der Waals surface area contributed by atoms with Crippen molar-refractivity contribution in [2.45, 2.75) is 25.3 Å². The molecule has 0 bridgehead atoms. The van der Waals surface area contributed by atoms with E-state index in [0.29, 0.717) is 12.5 Å². The zero-order chi connectivity index (χ0) is 17.9. The van der Waals surface area contributed by atoms with Crippen molar-refractivity contribution in [3.63, 3.8) is 0 Å². The highest BCUT2D eigenvalue weighted by atomic mass is 16.2. The van der Waals surface area contributed by atoms with Gasteiger partial charge in [0.2, 0.25) is 5.91 Å². The Bertz CT molecular complexity index is 850. The van der Waals surface area contributed by atoms with E-state index in [1.165, 1.54) is 16.7 Å². The minimum Gasteiger partial charge on any atom is -0.338 e. The molecule has 1 unspecified atom stereocenters. The molecule has 1 atom stereocenters. The van der Waals surface area contributed by atoms with Gasteiger partial charge in [-0.15, -0.1) is 0 Å². The van der Waals surface area contributed by atoms with Crippen LogP contribution in [0.1, 0.15) is 35.1 Å². The Morgan fingerprint density at radius 3 is 2.38 bits per heavy atom. The molecule has 132 valence electrons. The van der Waals surface area contributed by atoms with Crippen molar-refractivity contribution in [1.82, 2.24) is 14.7 Å². The van der Waals surface area contributed by atoms with E-state index in [1.54, 1.807) is 6.20 Å². The van der Waals surface area contributed by atoms with E-state index in [0.717, 1.165) is 13.1 Å². The van der Waals surface area contributed by atoms with Crippen molar-refractivity contribution in [1.29, 1.82) is 0 Å². The Morgan fingerprint density at radius 1 is 1.04 bits per heavy atom. The number of benzene rings is 2. The Labute approximate surface area is 154 Å². The molecule has 0 N–H and O–H groups in total. The molecule has 1 aromatic heterocycles. The van der Waals surface area contributed by atoms with Crippen LogP contribution in [0.2, 0.25) is 0 Å². The molecule has 1 amide bonds. The fraction of sp³-hybridized carbons (Fsp3) is 0.273. The first kappa shape index (κ1) is 16.6. The number of hydrogen-bond donors (Lipinski definition) is 0. The summed E-state index contributed by atoms with van der Waals surface area (Å²) < 4.78 is 1.94. The maximum absolute atomic E-state index is 12.9. The largest absolute Gasteiger partial charge is 0.338 e. The minimum atomic E-state index is 0.0908. The van der Waals surface area contributed by atoms with Gasteiger partial charge in [0, 0.05) is 37.8 Å². The van der Waals surface area contributed by atoms with Crippen LogP contribution in [0.5, 0.6) is 0 Å². The van der Waals surface area contributed by atoms with E-state index in [9.17, 15) is 4.79 Å². The summed E-state index contributed by atoms with van der Waals surface area (Å²) in [5.74, 6) is 0.302. The minimum absolute atomic E-state index is 0.0908. The highest BCUT2D eigenvalue weighted by molar-refractivity contribution is 5.78. The van der Waals surface area contributed by atoms with Crippen LogP contribution in [0.25, 0.3) is 0 Å². The van der Waals surface area contributed by atoms with Crippen LogP contribution in [0.3, 0.4) is 0 Å². The van der Waals surface area contributed by atoms with Gasteiger partial charge in [0.1, 0.15) is 0 Å². The van der Waals surface area contributed by atoms with Crippen molar-refractivity contribution < 1.29 is 4.79 Å². The molecule has 2 aromatic carbocycles. The molecule has 3 aromatic rings. The van der Waals surface area contributed by atoms with E-state index in [2.05, 4.69) is 48.4 Å². The molecule has 4 rings (SSSR count). The van der Waals surface area contributed by atoms with Gasteiger partial charge in [-0.05, 0) is 24.1 Å². The number of carbonyl (C=O) groups excluding carboxylic acids is 1. The van der Waals surface area contributed by atoms with E-state index >= 15 is 0 Å². The van der Waals surface area contributed by atoms with E-state index < -0.39 is 0 Å². The normalized spacial score (nSPS) is 15.5. The van der Waals surface area contributed by atoms with E-state index in [-0.39, 0.29) is 11.8 Å². The molecular formula is C22H23N3O. The first-order valence-electron chi connectivity index (χ1n) is 9.09. The second-order valence-corrected chi connectivity index (χ2v) is 7.02. The quantitative estimate of drug-likeness (QED) is 0.705. The molecule has 2 heterocycles. The van der Waals surface area contributed by atoms with Gasteiger partial charge in [-0.2, -0.15) is 5.10 Å². The molecule has 1 aliphatic heterocycles. The van der Waals surface area contributed by atoms with E-state index in [4.69, 9.17) is 0 Å². The van der Waals surface area contributed by atoms with Gasteiger partial charge in [-0.25, -0.2) is 0 Å².